The smallest absolute Gasteiger partial charge is 0.305 e. The molecule has 6 heteroatoms. The van der Waals surface area contributed by atoms with Crippen LogP contribution >= 0.6 is 11.8 Å². The Hall–Kier alpha value is -1.53. The summed E-state index contributed by atoms with van der Waals surface area (Å²) in [6, 6.07) is 7.87. The first-order valence-electron chi connectivity index (χ1n) is 7.93. The summed E-state index contributed by atoms with van der Waals surface area (Å²) in [5.74, 6) is 0.706. The molecule has 2 heterocycles. The van der Waals surface area contributed by atoms with Gasteiger partial charge in [0.05, 0.1) is 31.6 Å². The monoisotopic (exact) mass is 335 g/mol. The lowest BCUT2D eigenvalue weighted by Gasteiger charge is -2.36. The van der Waals surface area contributed by atoms with Crippen LogP contribution < -0.4 is 0 Å². The van der Waals surface area contributed by atoms with Crippen molar-refractivity contribution in [2.24, 2.45) is 0 Å². The maximum atomic E-state index is 12.7. The van der Waals surface area contributed by atoms with Gasteiger partial charge in [0, 0.05) is 18.1 Å². The number of carboxylic acids is 1. The minimum atomic E-state index is -0.852. The maximum Gasteiger partial charge on any atom is 0.305 e. The predicted octanol–water partition coefficient (Wildman–Crippen LogP) is 2.11. The van der Waals surface area contributed by atoms with Crippen molar-refractivity contribution < 1.29 is 19.4 Å². The third kappa shape index (κ3) is 3.87. The molecule has 0 saturated carbocycles. The first-order chi connectivity index (χ1) is 11.1. The Morgan fingerprint density at radius 2 is 2.13 bits per heavy atom. The predicted molar refractivity (Wildman–Crippen MR) is 88.5 cm³/mol. The molecule has 2 aliphatic heterocycles. The highest BCUT2D eigenvalue weighted by Gasteiger charge is 2.31. The van der Waals surface area contributed by atoms with Crippen LogP contribution in [0.25, 0.3) is 0 Å². The van der Waals surface area contributed by atoms with Crippen molar-refractivity contribution >= 4 is 23.6 Å². The molecule has 0 bridgehead atoms. The number of nitrogens with zero attached hydrogens (tertiary/aromatic N) is 1. The number of carbonyl (C=O) groups is 2. The van der Waals surface area contributed by atoms with Crippen LogP contribution in [0.1, 0.15) is 30.1 Å². The van der Waals surface area contributed by atoms with Crippen molar-refractivity contribution in [3.8, 4) is 0 Å². The number of aliphatic carboxylic acids is 1. The number of amides is 1. The van der Waals surface area contributed by atoms with Gasteiger partial charge in [-0.3, -0.25) is 9.59 Å². The third-order valence-corrected chi connectivity index (χ3v) is 5.50. The van der Waals surface area contributed by atoms with Crippen molar-refractivity contribution in [1.82, 2.24) is 4.90 Å². The fourth-order valence-electron chi connectivity index (χ4n) is 3.28. The summed E-state index contributed by atoms with van der Waals surface area (Å²) in [6.07, 6.45) is 0.967. The second kappa shape index (κ2) is 7.36. The number of rotatable bonds is 4. The molecule has 0 spiro atoms. The largest absolute Gasteiger partial charge is 0.481 e. The Balaban J connectivity index is 1.70. The summed E-state index contributed by atoms with van der Waals surface area (Å²) in [4.78, 5) is 25.5. The zero-order chi connectivity index (χ0) is 16.2. The van der Waals surface area contributed by atoms with Crippen LogP contribution in [0.3, 0.4) is 0 Å². The minimum absolute atomic E-state index is 0.00162. The summed E-state index contributed by atoms with van der Waals surface area (Å²) < 4.78 is 5.81. The molecule has 124 valence electrons. The van der Waals surface area contributed by atoms with Gasteiger partial charge >= 0.3 is 5.97 Å². The molecule has 23 heavy (non-hydrogen) atoms. The summed E-state index contributed by atoms with van der Waals surface area (Å²) in [5, 5.41) is 9.04. The van der Waals surface area contributed by atoms with E-state index in [1.54, 1.807) is 16.7 Å². The highest BCUT2D eigenvalue weighted by atomic mass is 32.2. The summed E-state index contributed by atoms with van der Waals surface area (Å²) in [6.45, 7) is 1.25. The molecule has 1 fully saturated rings. The average molecular weight is 335 g/mol. The molecular formula is C17H21NO4S. The molecule has 2 unspecified atom stereocenters. The van der Waals surface area contributed by atoms with Crippen molar-refractivity contribution in [3.63, 3.8) is 0 Å². The van der Waals surface area contributed by atoms with Gasteiger partial charge in [-0.05, 0) is 17.5 Å². The van der Waals surface area contributed by atoms with E-state index in [1.165, 1.54) is 5.56 Å². The van der Waals surface area contributed by atoms with Crippen LogP contribution in [-0.2, 0) is 20.7 Å². The SMILES string of the molecule is O=C(O)CC1CSCCN1C(=O)CC1OCCc2ccccc21. The Morgan fingerprint density at radius 3 is 2.96 bits per heavy atom. The van der Waals surface area contributed by atoms with Gasteiger partial charge in [0.15, 0.2) is 0 Å². The second-order valence-corrected chi connectivity index (χ2v) is 7.08. The number of carbonyl (C=O) groups excluding carboxylic acids is 1. The number of carboxylic acid groups (broad SMARTS) is 1. The number of fused-ring (bicyclic) bond motifs is 1. The van der Waals surface area contributed by atoms with Crippen molar-refractivity contribution in [2.45, 2.75) is 31.4 Å². The summed E-state index contributed by atoms with van der Waals surface area (Å²) >= 11 is 1.71. The number of thioether (sulfide) groups is 1. The fourth-order valence-corrected chi connectivity index (χ4v) is 4.34. The first-order valence-corrected chi connectivity index (χ1v) is 9.09. The van der Waals surface area contributed by atoms with E-state index in [4.69, 9.17) is 9.84 Å². The van der Waals surface area contributed by atoms with E-state index in [2.05, 4.69) is 6.07 Å². The molecule has 5 nitrogen and oxygen atoms in total. The lowest BCUT2D eigenvalue weighted by atomic mass is 9.95. The standard InChI is InChI=1S/C17H21NO4S/c19-16(18-6-8-23-11-13(18)9-17(20)21)10-15-14-4-2-1-3-12(14)5-7-22-15/h1-4,13,15H,5-11H2,(H,20,21). The maximum absolute atomic E-state index is 12.7. The molecule has 0 radical (unpaired) electrons. The van der Waals surface area contributed by atoms with Crippen LogP contribution in [0.2, 0.25) is 0 Å². The number of hydrogen-bond donors (Lipinski definition) is 1. The van der Waals surface area contributed by atoms with E-state index in [0.29, 0.717) is 18.9 Å². The molecule has 1 aromatic carbocycles. The van der Waals surface area contributed by atoms with Gasteiger partial charge in [-0.1, -0.05) is 24.3 Å². The summed E-state index contributed by atoms with van der Waals surface area (Å²) in [5.41, 5.74) is 2.33. The van der Waals surface area contributed by atoms with Gasteiger partial charge in [-0.25, -0.2) is 0 Å². The first kappa shape index (κ1) is 16.3. The van der Waals surface area contributed by atoms with Crippen LogP contribution in [0.4, 0.5) is 0 Å². The van der Waals surface area contributed by atoms with Crippen LogP contribution in [0, 0.1) is 0 Å². The molecule has 0 aromatic heterocycles. The Kier molecular flexibility index (Phi) is 5.23. The molecule has 1 amide bonds. The molecular weight excluding hydrogens is 314 g/mol. The molecule has 1 saturated heterocycles. The van der Waals surface area contributed by atoms with Crippen LogP contribution in [-0.4, -0.2) is 52.6 Å². The Bertz CT molecular complexity index is 592. The van der Waals surface area contributed by atoms with E-state index in [0.717, 1.165) is 17.7 Å². The fraction of sp³-hybridized carbons (Fsp3) is 0.529. The van der Waals surface area contributed by atoms with Gasteiger partial charge in [0.25, 0.3) is 0 Å². The highest BCUT2D eigenvalue weighted by molar-refractivity contribution is 7.99. The zero-order valence-corrected chi connectivity index (χ0v) is 13.8. The Morgan fingerprint density at radius 1 is 1.30 bits per heavy atom. The van der Waals surface area contributed by atoms with Gasteiger partial charge < -0.3 is 14.7 Å². The topological polar surface area (TPSA) is 66.8 Å². The van der Waals surface area contributed by atoms with Gasteiger partial charge in [-0.15, -0.1) is 0 Å². The number of hydrogen-bond acceptors (Lipinski definition) is 4. The normalized spacial score (nSPS) is 24.1. The molecule has 3 rings (SSSR count). The molecule has 2 atom stereocenters. The van der Waals surface area contributed by atoms with Crippen molar-refractivity contribution in [2.75, 3.05) is 24.7 Å². The zero-order valence-electron chi connectivity index (χ0n) is 12.9. The molecule has 2 aliphatic rings. The van der Waals surface area contributed by atoms with E-state index in [9.17, 15) is 9.59 Å². The average Bonchev–Trinajstić information content (AvgIpc) is 2.55. The van der Waals surface area contributed by atoms with E-state index < -0.39 is 5.97 Å². The summed E-state index contributed by atoms with van der Waals surface area (Å²) in [7, 11) is 0. The van der Waals surface area contributed by atoms with Crippen LogP contribution in [0.15, 0.2) is 24.3 Å². The third-order valence-electron chi connectivity index (χ3n) is 4.41. The number of ether oxygens (including phenoxy) is 1. The van der Waals surface area contributed by atoms with Crippen LogP contribution in [0.5, 0.6) is 0 Å². The van der Waals surface area contributed by atoms with E-state index in [1.807, 2.05) is 18.2 Å². The molecule has 1 aromatic rings. The van der Waals surface area contributed by atoms with Gasteiger partial charge in [0.2, 0.25) is 5.91 Å². The molecule has 1 N–H and O–H groups in total. The van der Waals surface area contributed by atoms with Gasteiger partial charge in [-0.2, -0.15) is 11.8 Å². The molecule has 0 aliphatic carbocycles. The van der Waals surface area contributed by atoms with E-state index in [-0.39, 0.29) is 30.9 Å². The Labute approximate surface area is 140 Å². The quantitative estimate of drug-likeness (QED) is 0.913. The van der Waals surface area contributed by atoms with Gasteiger partial charge in [0.1, 0.15) is 0 Å². The lowest BCUT2D eigenvalue weighted by molar-refractivity contribution is -0.141. The minimum Gasteiger partial charge on any atom is -0.481 e. The highest BCUT2D eigenvalue weighted by Crippen LogP contribution is 2.31. The van der Waals surface area contributed by atoms with Crippen molar-refractivity contribution in [1.29, 1.82) is 0 Å². The van der Waals surface area contributed by atoms with E-state index >= 15 is 0 Å². The lowest BCUT2D eigenvalue weighted by Crippen LogP contribution is -2.47. The second-order valence-electron chi connectivity index (χ2n) is 5.93. The van der Waals surface area contributed by atoms with Crippen molar-refractivity contribution in [3.05, 3.63) is 35.4 Å². The number of benzene rings is 1.